The molecule has 0 radical (unpaired) electrons. The second-order valence-corrected chi connectivity index (χ2v) is 7.05. The van der Waals surface area contributed by atoms with E-state index in [1.54, 1.807) is 6.08 Å². The fraction of sp³-hybridized carbons (Fsp3) is 0.294. The largest absolute Gasteiger partial charge is 0.478 e. The van der Waals surface area contributed by atoms with Crippen molar-refractivity contribution in [2.24, 2.45) is 0 Å². The first-order valence-corrected chi connectivity index (χ1v) is 7.58. The topological polar surface area (TPSA) is 50.2 Å². The highest BCUT2D eigenvalue weighted by molar-refractivity contribution is 7.16. The van der Waals surface area contributed by atoms with E-state index in [9.17, 15) is 4.79 Å². The Morgan fingerprint density at radius 2 is 2.05 bits per heavy atom. The van der Waals surface area contributed by atoms with E-state index >= 15 is 0 Å². The van der Waals surface area contributed by atoms with Crippen LogP contribution in [0.2, 0.25) is 0 Å². The Morgan fingerprint density at radius 3 is 2.62 bits per heavy atom. The van der Waals surface area contributed by atoms with Gasteiger partial charge in [0.05, 0.1) is 10.6 Å². The van der Waals surface area contributed by atoms with Gasteiger partial charge in [0.2, 0.25) is 0 Å². The Morgan fingerprint density at radius 1 is 1.33 bits per heavy atom. The number of rotatable bonds is 3. The summed E-state index contributed by atoms with van der Waals surface area (Å²) < 4.78 is 0. The van der Waals surface area contributed by atoms with E-state index in [0.717, 1.165) is 21.1 Å². The quantitative estimate of drug-likeness (QED) is 0.848. The van der Waals surface area contributed by atoms with Crippen LogP contribution < -0.4 is 0 Å². The number of aromatic nitrogens is 1. The predicted molar refractivity (Wildman–Crippen MR) is 87.7 cm³/mol. The van der Waals surface area contributed by atoms with Gasteiger partial charge in [-0.2, -0.15) is 0 Å². The predicted octanol–water partition coefficient (Wildman–Crippen LogP) is 4.51. The van der Waals surface area contributed by atoms with Gasteiger partial charge in [-0.15, -0.1) is 11.3 Å². The van der Waals surface area contributed by atoms with Crippen LogP contribution in [-0.4, -0.2) is 16.1 Å². The van der Waals surface area contributed by atoms with Crippen LogP contribution >= 0.6 is 11.3 Å². The lowest BCUT2D eigenvalue weighted by atomic mass is 9.91. The van der Waals surface area contributed by atoms with Crippen molar-refractivity contribution in [3.8, 4) is 10.6 Å². The van der Waals surface area contributed by atoms with E-state index in [1.807, 2.05) is 25.1 Å². The molecule has 4 heteroatoms. The van der Waals surface area contributed by atoms with Crippen molar-refractivity contribution in [2.75, 3.05) is 0 Å². The molecule has 1 heterocycles. The number of aryl methyl sites for hydroxylation is 1. The zero-order chi connectivity index (χ0) is 15.6. The molecule has 0 amide bonds. The van der Waals surface area contributed by atoms with Crippen molar-refractivity contribution in [3.05, 3.63) is 46.5 Å². The highest BCUT2D eigenvalue weighted by Crippen LogP contribution is 2.35. The maximum absolute atomic E-state index is 10.8. The SMILES string of the molecule is Cc1cccc(-c2nc(C(C)(C)C)c(/C=C/C(=O)O)s2)c1. The minimum absolute atomic E-state index is 0.128. The van der Waals surface area contributed by atoms with Crippen LogP contribution in [0, 0.1) is 6.92 Å². The summed E-state index contributed by atoms with van der Waals surface area (Å²) in [5.41, 5.74) is 3.06. The summed E-state index contributed by atoms with van der Waals surface area (Å²) in [6, 6.07) is 8.18. The normalized spacial score (nSPS) is 12.0. The summed E-state index contributed by atoms with van der Waals surface area (Å²) in [6.45, 7) is 8.30. The molecular weight excluding hydrogens is 282 g/mol. The zero-order valence-corrected chi connectivity index (χ0v) is 13.5. The first-order valence-electron chi connectivity index (χ1n) is 6.77. The second-order valence-electron chi connectivity index (χ2n) is 6.02. The van der Waals surface area contributed by atoms with E-state index in [2.05, 4.69) is 26.8 Å². The molecule has 0 atom stereocenters. The molecule has 3 nitrogen and oxygen atoms in total. The maximum atomic E-state index is 10.8. The minimum atomic E-state index is -0.944. The molecule has 0 spiro atoms. The fourth-order valence-electron chi connectivity index (χ4n) is 2.03. The molecule has 0 aliphatic heterocycles. The molecule has 1 aromatic heterocycles. The smallest absolute Gasteiger partial charge is 0.328 e. The highest BCUT2D eigenvalue weighted by Gasteiger charge is 2.22. The summed E-state index contributed by atoms with van der Waals surface area (Å²) in [4.78, 5) is 16.4. The first-order chi connectivity index (χ1) is 9.77. The third kappa shape index (κ3) is 3.79. The zero-order valence-electron chi connectivity index (χ0n) is 12.7. The average molecular weight is 301 g/mol. The Labute approximate surface area is 129 Å². The number of hydrogen-bond donors (Lipinski definition) is 1. The van der Waals surface area contributed by atoms with Crippen molar-refractivity contribution in [1.82, 2.24) is 4.98 Å². The van der Waals surface area contributed by atoms with Crippen LogP contribution in [0.3, 0.4) is 0 Å². The third-order valence-electron chi connectivity index (χ3n) is 3.01. The number of carbonyl (C=O) groups is 1. The number of nitrogens with zero attached hydrogens (tertiary/aromatic N) is 1. The maximum Gasteiger partial charge on any atom is 0.328 e. The van der Waals surface area contributed by atoms with Gasteiger partial charge < -0.3 is 5.11 Å². The summed E-state index contributed by atoms with van der Waals surface area (Å²) >= 11 is 1.53. The lowest BCUT2D eigenvalue weighted by Crippen LogP contribution is -2.13. The molecule has 0 fully saturated rings. The summed E-state index contributed by atoms with van der Waals surface area (Å²) in [5.74, 6) is -0.944. The first kappa shape index (κ1) is 15.4. The molecule has 0 unspecified atom stereocenters. The van der Waals surface area contributed by atoms with Gasteiger partial charge in [0.25, 0.3) is 0 Å². The molecule has 2 aromatic rings. The van der Waals surface area contributed by atoms with Crippen LogP contribution in [0.25, 0.3) is 16.6 Å². The minimum Gasteiger partial charge on any atom is -0.478 e. The summed E-state index contributed by atoms with van der Waals surface area (Å²) in [7, 11) is 0. The molecule has 1 aromatic carbocycles. The molecule has 0 aliphatic rings. The van der Waals surface area contributed by atoms with Crippen molar-refractivity contribution in [3.63, 3.8) is 0 Å². The lowest BCUT2D eigenvalue weighted by Gasteiger charge is -2.16. The molecule has 0 saturated heterocycles. The second kappa shape index (κ2) is 5.82. The van der Waals surface area contributed by atoms with Crippen LogP contribution in [0.4, 0.5) is 0 Å². The molecule has 21 heavy (non-hydrogen) atoms. The van der Waals surface area contributed by atoms with Crippen LogP contribution in [0.5, 0.6) is 0 Å². The van der Waals surface area contributed by atoms with Gasteiger partial charge in [-0.25, -0.2) is 9.78 Å². The number of thiazole rings is 1. The van der Waals surface area contributed by atoms with E-state index in [1.165, 1.54) is 23.0 Å². The summed E-state index contributed by atoms with van der Waals surface area (Å²) in [5, 5.41) is 9.75. The molecule has 2 rings (SSSR count). The van der Waals surface area contributed by atoms with Gasteiger partial charge in [0.1, 0.15) is 5.01 Å². The monoisotopic (exact) mass is 301 g/mol. The summed E-state index contributed by atoms with van der Waals surface area (Å²) in [6.07, 6.45) is 2.81. The molecule has 0 aliphatic carbocycles. The number of aliphatic carboxylic acids is 1. The van der Waals surface area contributed by atoms with Gasteiger partial charge in [-0.3, -0.25) is 0 Å². The van der Waals surface area contributed by atoms with Gasteiger partial charge >= 0.3 is 5.97 Å². The van der Waals surface area contributed by atoms with E-state index in [0.29, 0.717) is 0 Å². The van der Waals surface area contributed by atoms with Crippen LogP contribution in [0.15, 0.2) is 30.3 Å². The molecule has 0 saturated carbocycles. The number of hydrogen-bond acceptors (Lipinski definition) is 3. The standard InChI is InChI=1S/C17H19NO2S/c1-11-6-5-7-12(10-11)16-18-15(17(2,3)4)13(21-16)8-9-14(19)20/h5-10H,1-4H3,(H,19,20)/b9-8+. The van der Waals surface area contributed by atoms with E-state index in [-0.39, 0.29) is 5.41 Å². The molecular formula is C17H19NO2S. The van der Waals surface area contributed by atoms with Gasteiger partial charge in [0, 0.05) is 17.1 Å². The fourth-order valence-corrected chi connectivity index (χ4v) is 3.21. The van der Waals surface area contributed by atoms with Crippen LogP contribution in [0.1, 0.15) is 36.9 Å². The number of carboxylic acids is 1. The van der Waals surface area contributed by atoms with Crippen molar-refractivity contribution in [1.29, 1.82) is 0 Å². The van der Waals surface area contributed by atoms with E-state index < -0.39 is 5.97 Å². The Kier molecular flexibility index (Phi) is 4.28. The molecule has 1 N–H and O–H groups in total. The molecule has 110 valence electrons. The van der Waals surface area contributed by atoms with Crippen molar-refractivity contribution >= 4 is 23.4 Å². The number of carboxylic acid groups (broad SMARTS) is 1. The average Bonchev–Trinajstić information content (AvgIpc) is 2.80. The highest BCUT2D eigenvalue weighted by atomic mass is 32.1. The third-order valence-corrected chi connectivity index (χ3v) is 4.08. The van der Waals surface area contributed by atoms with Crippen molar-refractivity contribution in [2.45, 2.75) is 33.1 Å². The van der Waals surface area contributed by atoms with Gasteiger partial charge in [0.15, 0.2) is 0 Å². The lowest BCUT2D eigenvalue weighted by molar-refractivity contribution is -0.131. The Bertz CT molecular complexity index is 693. The van der Waals surface area contributed by atoms with Gasteiger partial charge in [-0.05, 0) is 19.1 Å². The molecule has 0 bridgehead atoms. The van der Waals surface area contributed by atoms with Gasteiger partial charge in [-0.1, -0.05) is 44.5 Å². The van der Waals surface area contributed by atoms with Crippen LogP contribution in [-0.2, 0) is 10.2 Å². The number of benzene rings is 1. The Balaban J connectivity index is 2.53. The Hall–Kier alpha value is -1.94. The van der Waals surface area contributed by atoms with Crippen molar-refractivity contribution < 1.29 is 9.90 Å². The van der Waals surface area contributed by atoms with E-state index in [4.69, 9.17) is 10.1 Å².